The maximum atomic E-state index is 12.0. The summed E-state index contributed by atoms with van der Waals surface area (Å²) in [5.74, 6) is 0.250. The molecule has 0 bridgehead atoms. The maximum Gasteiger partial charge on any atom is 0.360 e. The van der Waals surface area contributed by atoms with E-state index in [1.165, 1.54) is 7.11 Å². The number of nitrogens with zero attached hydrogens (tertiary/aromatic N) is 1. The number of esters is 1. The number of aryl methyl sites for hydroxylation is 1. The van der Waals surface area contributed by atoms with Crippen LogP contribution in [0.25, 0.3) is 0 Å². The second-order valence-corrected chi connectivity index (χ2v) is 5.06. The van der Waals surface area contributed by atoms with Crippen molar-refractivity contribution in [2.24, 2.45) is 5.16 Å². The number of hydrogen-bond donors (Lipinski definition) is 0. The Morgan fingerprint density at radius 2 is 1.79 bits per heavy atom. The minimum absolute atomic E-state index is 0.128. The fourth-order valence-corrected chi connectivity index (χ4v) is 2.17. The van der Waals surface area contributed by atoms with Crippen LogP contribution in [-0.4, -0.2) is 25.4 Å². The summed E-state index contributed by atoms with van der Waals surface area (Å²) >= 11 is 0. The Balaban J connectivity index is 2.28. The molecule has 0 aliphatic heterocycles. The Morgan fingerprint density at radius 1 is 1.08 bits per heavy atom. The van der Waals surface area contributed by atoms with Crippen molar-refractivity contribution in [3.05, 3.63) is 65.2 Å². The summed E-state index contributed by atoms with van der Waals surface area (Å²) in [6.45, 7) is 4.45. The van der Waals surface area contributed by atoms with Gasteiger partial charge >= 0.3 is 5.97 Å². The van der Waals surface area contributed by atoms with Crippen LogP contribution in [0.5, 0.6) is 5.75 Å². The standard InChI is InChI=1S/C19H21NO4/c1-4-24-20-18(19(21)22-3)16-11-7-6-10-15(16)13-23-17-12-8-5-9-14(17)2/h5-12H,4,13H2,1-3H3/b20-18+. The van der Waals surface area contributed by atoms with Crippen molar-refractivity contribution in [3.8, 4) is 5.75 Å². The van der Waals surface area contributed by atoms with E-state index in [0.29, 0.717) is 18.8 Å². The van der Waals surface area contributed by atoms with E-state index in [1.807, 2.05) is 49.4 Å². The van der Waals surface area contributed by atoms with Crippen molar-refractivity contribution in [1.29, 1.82) is 0 Å². The van der Waals surface area contributed by atoms with E-state index < -0.39 is 5.97 Å². The van der Waals surface area contributed by atoms with Gasteiger partial charge in [-0.2, -0.15) is 0 Å². The van der Waals surface area contributed by atoms with Crippen molar-refractivity contribution in [1.82, 2.24) is 0 Å². The molecule has 0 N–H and O–H groups in total. The molecule has 2 rings (SSSR count). The van der Waals surface area contributed by atoms with Crippen molar-refractivity contribution in [2.45, 2.75) is 20.5 Å². The summed E-state index contributed by atoms with van der Waals surface area (Å²) in [5.41, 5.74) is 2.63. The van der Waals surface area contributed by atoms with Gasteiger partial charge in [-0.1, -0.05) is 47.6 Å². The van der Waals surface area contributed by atoms with Gasteiger partial charge in [-0.3, -0.25) is 0 Å². The zero-order valence-corrected chi connectivity index (χ0v) is 14.1. The number of benzene rings is 2. The van der Waals surface area contributed by atoms with Gasteiger partial charge in [-0.25, -0.2) is 4.79 Å². The van der Waals surface area contributed by atoms with Gasteiger partial charge in [0.25, 0.3) is 0 Å². The molecule has 0 aromatic heterocycles. The fraction of sp³-hybridized carbons (Fsp3) is 0.263. The quantitative estimate of drug-likeness (QED) is 0.444. The normalized spacial score (nSPS) is 11.0. The Labute approximate surface area is 141 Å². The molecular weight excluding hydrogens is 306 g/mol. The molecule has 0 aliphatic rings. The molecule has 0 saturated carbocycles. The first-order valence-corrected chi connectivity index (χ1v) is 7.72. The van der Waals surface area contributed by atoms with Gasteiger partial charge in [-0.15, -0.1) is 0 Å². The number of para-hydroxylation sites is 1. The second kappa shape index (κ2) is 8.72. The average molecular weight is 327 g/mol. The van der Waals surface area contributed by atoms with Gasteiger partial charge in [0.15, 0.2) is 5.71 Å². The predicted molar refractivity (Wildman–Crippen MR) is 92.1 cm³/mol. The number of rotatable bonds is 7. The lowest BCUT2D eigenvalue weighted by Crippen LogP contribution is -2.20. The SMILES string of the molecule is CCO/N=C(/C(=O)OC)c1ccccc1COc1ccccc1C. The topological polar surface area (TPSA) is 57.1 Å². The predicted octanol–water partition coefficient (Wildman–Crippen LogP) is 3.49. The molecule has 5 heteroatoms. The smallest absolute Gasteiger partial charge is 0.360 e. The molecular formula is C19H21NO4. The molecule has 24 heavy (non-hydrogen) atoms. The van der Waals surface area contributed by atoms with Gasteiger partial charge in [0.1, 0.15) is 19.0 Å². The summed E-state index contributed by atoms with van der Waals surface area (Å²) in [5, 5.41) is 3.90. The Hall–Kier alpha value is -2.82. The van der Waals surface area contributed by atoms with Crippen molar-refractivity contribution in [3.63, 3.8) is 0 Å². The largest absolute Gasteiger partial charge is 0.489 e. The van der Waals surface area contributed by atoms with E-state index in [9.17, 15) is 4.79 Å². The molecule has 126 valence electrons. The monoisotopic (exact) mass is 327 g/mol. The van der Waals surface area contributed by atoms with Crippen molar-refractivity contribution >= 4 is 11.7 Å². The van der Waals surface area contributed by atoms with Crippen LogP contribution in [0.2, 0.25) is 0 Å². The first kappa shape index (κ1) is 17.5. The highest BCUT2D eigenvalue weighted by Gasteiger charge is 2.19. The lowest BCUT2D eigenvalue weighted by Gasteiger charge is -2.13. The molecule has 2 aromatic carbocycles. The summed E-state index contributed by atoms with van der Waals surface area (Å²) in [6, 6.07) is 15.2. The zero-order chi connectivity index (χ0) is 17.4. The van der Waals surface area contributed by atoms with Crippen LogP contribution in [0.1, 0.15) is 23.6 Å². The number of carbonyl (C=O) groups is 1. The van der Waals surface area contributed by atoms with Gasteiger partial charge in [-0.05, 0) is 31.0 Å². The van der Waals surface area contributed by atoms with Crippen molar-refractivity contribution in [2.75, 3.05) is 13.7 Å². The van der Waals surface area contributed by atoms with E-state index in [-0.39, 0.29) is 5.71 Å². The highest BCUT2D eigenvalue weighted by molar-refractivity contribution is 6.43. The molecule has 2 aromatic rings. The lowest BCUT2D eigenvalue weighted by molar-refractivity contribution is -0.132. The minimum atomic E-state index is -0.549. The third-order valence-corrected chi connectivity index (χ3v) is 3.41. The Kier molecular flexibility index (Phi) is 6.37. The Morgan fingerprint density at radius 3 is 2.50 bits per heavy atom. The van der Waals surface area contributed by atoms with E-state index in [0.717, 1.165) is 16.9 Å². The molecule has 0 unspecified atom stereocenters. The van der Waals surface area contributed by atoms with E-state index in [4.69, 9.17) is 14.3 Å². The van der Waals surface area contributed by atoms with E-state index in [2.05, 4.69) is 5.16 Å². The van der Waals surface area contributed by atoms with Gasteiger partial charge in [0.05, 0.1) is 7.11 Å². The lowest BCUT2D eigenvalue weighted by atomic mass is 10.0. The average Bonchev–Trinajstić information content (AvgIpc) is 2.62. The molecule has 0 fully saturated rings. The highest BCUT2D eigenvalue weighted by atomic mass is 16.6. The molecule has 0 amide bonds. The third kappa shape index (κ3) is 4.35. The van der Waals surface area contributed by atoms with Gasteiger partial charge in [0.2, 0.25) is 0 Å². The molecule has 0 saturated heterocycles. The van der Waals surface area contributed by atoms with E-state index >= 15 is 0 Å². The molecule has 0 radical (unpaired) electrons. The highest BCUT2D eigenvalue weighted by Crippen LogP contribution is 2.20. The summed E-state index contributed by atoms with van der Waals surface area (Å²) in [4.78, 5) is 17.1. The number of carbonyl (C=O) groups excluding carboxylic acids is 1. The van der Waals surface area contributed by atoms with Crippen LogP contribution in [0.4, 0.5) is 0 Å². The zero-order valence-electron chi connectivity index (χ0n) is 14.1. The number of methoxy groups -OCH3 is 1. The third-order valence-electron chi connectivity index (χ3n) is 3.41. The molecule has 0 heterocycles. The van der Waals surface area contributed by atoms with Crippen LogP contribution in [0.15, 0.2) is 53.7 Å². The Bertz CT molecular complexity index is 725. The van der Waals surface area contributed by atoms with E-state index in [1.54, 1.807) is 13.0 Å². The van der Waals surface area contributed by atoms with Gasteiger partial charge in [0, 0.05) is 5.56 Å². The number of oxime groups is 1. The van der Waals surface area contributed by atoms with Crippen LogP contribution < -0.4 is 4.74 Å². The minimum Gasteiger partial charge on any atom is -0.489 e. The van der Waals surface area contributed by atoms with Gasteiger partial charge < -0.3 is 14.3 Å². The number of ether oxygens (including phenoxy) is 2. The second-order valence-electron chi connectivity index (χ2n) is 5.06. The number of hydrogen-bond acceptors (Lipinski definition) is 5. The molecule has 0 spiro atoms. The first-order valence-electron chi connectivity index (χ1n) is 7.72. The first-order chi connectivity index (χ1) is 11.7. The molecule has 5 nitrogen and oxygen atoms in total. The summed E-state index contributed by atoms with van der Waals surface area (Å²) in [6.07, 6.45) is 0. The van der Waals surface area contributed by atoms with Crippen LogP contribution >= 0.6 is 0 Å². The fourth-order valence-electron chi connectivity index (χ4n) is 2.17. The maximum absolute atomic E-state index is 12.0. The van der Waals surface area contributed by atoms with Crippen molar-refractivity contribution < 1.29 is 19.1 Å². The summed E-state index contributed by atoms with van der Waals surface area (Å²) < 4.78 is 10.7. The van der Waals surface area contributed by atoms with Crippen LogP contribution in [-0.2, 0) is 21.0 Å². The van der Waals surface area contributed by atoms with Crippen LogP contribution in [0, 0.1) is 6.92 Å². The molecule has 0 atom stereocenters. The van der Waals surface area contributed by atoms with Crippen LogP contribution in [0.3, 0.4) is 0 Å². The summed E-state index contributed by atoms with van der Waals surface area (Å²) in [7, 11) is 1.32. The molecule has 0 aliphatic carbocycles.